The fraction of sp³-hybridized carbons (Fsp3) is 0.467. The Morgan fingerprint density at radius 1 is 1.38 bits per heavy atom. The maximum absolute atomic E-state index is 11.7. The molecular formula is C15H21N3OS2. The van der Waals surface area contributed by atoms with Gasteiger partial charge in [0, 0.05) is 30.9 Å². The van der Waals surface area contributed by atoms with Crippen LogP contribution < -0.4 is 15.5 Å². The summed E-state index contributed by atoms with van der Waals surface area (Å²) in [6.45, 7) is 1.70. The van der Waals surface area contributed by atoms with Crippen molar-refractivity contribution in [3.8, 4) is 0 Å². The number of carbonyl (C=O) groups is 1. The molecule has 1 aliphatic heterocycles. The molecule has 1 saturated heterocycles. The lowest BCUT2D eigenvalue weighted by atomic mass is 10.2. The van der Waals surface area contributed by atoms with Crippen molar-refractivity contribution in [3.05, 3.63) is 24.3 Å². The van der Waals surface area contributed by atoms with Crippen LogP contribution in [0.5, 0.6) is 0 Å². The molecule has 1 aliphatic rings. The van der Waals surface area contributed by atoms with Crippen LogP contribution in [0, 0.1) is 0 Å². The van der Waals surface area contributed by atoms with Gasteiger partial charge in [0.05, 0.1) is 0 Å². The zero-order valence-electron chi connectivity index (χ0n) is 12.2. The first-order valence-corrected chi connectivity index (χ1v) is 8.95. The molecule has 1 fully saturated rings. The first-order valence-electron chi connectivity index (χ1n) is 7.15. The van der Waals surface area contributed by atoms with Crippen molar-refractivity contribution in [2.24, 2.45) is 0 Å². The molecule has 0 atom stereocenters. The lowest BCUT2D eigenvalue weighted by Crippen LogP contribution is -2.29. The Morgan fingerprint density at radius 3 is 2.76 bits per heavy atom. The molecule has 114 valence electrons. The molecule has 0 radical (unpaired) electrons. The fourth-order valence-corrected chi connectivity index (χ4v) is 2.89. The van der Waals surface area contributed by atoms with Crippen LogP contribution in [0.15, 0.2) is 24.3 Å². The summed E-state index contributed by atoms with van der Waals surface area (Å²) in [4.78, 5) is 13.5. The van der Waals surface area contributed by atoms with Gasteiger partial charge in [0.25, 0.3) is 0 Å². The summed E-state index contributed by atoms with van der Waals surface area (Å²) in [6, 6.07) is 7.83. The number of thiocarbonyl (C=S) groups is 1. The molecule has 0 unspecified atom stereocenters. The number of carbonyl (C=O) groups excluding carboxylic acids is 1. The topological polar surface area (TPSA) is 44.4 Å². The van der Waals surface area contributed by atoms with Crippen molar-refractivity contribution < 1.29 is 4.79 Å². The molecule has 1 amide bonds. The monoisotopic (exact) mass is 323 g/mol. The van der Waals surface area contributed by atoms with Crippen LogP contribution in [-0.4, -0.2) is 36.1 Å². The largest absolute Gasteiger partial charge is 0.362 e. The van der Waals surface area contributed by atoms with Gasteiger partial charge in [0.15, 0.2) is 5.11 Å². The summed E-state index contributed by atoms with van der Waals surface area (Å²) in [5, 5.41) is 6.98. The third-order valence-electron chi connectivity index (χ3n) is 3.32. The molecule has 0 saturated carbocycles. The van der Waals surface area contributed by atoms with Gasteiger partial charge in [-0.05, 0) is 61.3 Å². The van der Waals surface area contributed by atoms with Crippen LogP contribution in [0.4, 0.5) is 11.4 Å². The van der Waals surface area contributed by atoms with E-state index in [0.717, 1.165) is 43.1 Å². The van der Waals surface area contributed by atoms with Crippen LogP contribution in [-0.2, 0) is 4.79 Å². The molecule has 1 aromatic rings. The summed E-state index contributed by atoms with van der Waals surface area (Å²) < 4.78 is 0. The average molecular weight is 323 g/mol. The molecule has 2 rings (SSSR count). The van der Waals surface area contributed by atoms with E-state index < -0.39 is 0 Å². The molecule has 21 heavy (non-hydrogen) atoms. The molecule has 6 heteroatoms. The molecule has 2 N–H and O–H groups in total. The Hall–Kier alpha value is -1.27. The zero-order chi connectivity index (χ0) is 15.1. The first kappa shape index (κ1) is 16.1. The number of hydrogen-bond acceptors (Lipinski definition) is 3. The normalized spacial score (nSPS) is 14.3. The lowest BCUT2D eigenvalue weighted by Gasteiger charge is -2.16. The molecule has 0 bridgehead atoms. The number of anilines is 2. The molecule has 1 aromatic carbocycles. The number of rotatable bonds is 6. The van der Waals surface area contributed by atoms with E-state index in [2.05, 4.69) is 16.9 Å². The minimum absolute atomic E-state index is 0.210. The van der Waals surface area contributed by atoms with Crippen LogP contribution in [0.2, 0.25) is 0 Å². The van der Waals surface area contributed by atoms with Crippen molar-refractivity contribution in [1.82, 2.24) is 5.32 Å². The van der Waals surface area contributed by atoms with Crippen molar-refractivity contribution in [2.45, 2.75) is 19.3 Å². The van der Waals surface area contributed by atoms with Gasteiger partial charge in [-0.1, -0.05) is 0 Å². The minimum Gasteiger partial charge on any atom is -0.362 e. The summed E-state index contributed by atoms with van der Waals surface area (Å²) in [6.07, 6.45) is 4.80. The minimum atomic E-state index is 0.210. The molecular weight excluding hydrogens is 302 g/mol. The number of benzene rings is 1. The standard InChI is InChI=1S/C15H21N3OS2/c1-21-11-3-9-16-15(20)17-12-5-7-13(8-6-12)18-10-2-4-14(18)19/h5-8H,2-4,9-11H2,1H3,(H2,16,17,20). The van der Waals surface area contributed by atoms with Gasteiger partial charge in [-0.15, -0.1) is 0 Å². The Bertz CT molecular complexity index is 490. The molecule has 1 heterocycles. The van der Waals surface area contributed by atoms with E-state index in [1.807, 2.05) is 40.9 Å². The smallest absolute Gasteiger partial charge is 0.227 e. The van der Waals surface area contributed by atoms with Gasteiger partial charge in [-0.3, -0.25) is 4.79 Å². The number of thioether (sulfide) groups is 1. The predicted octanol–water partition coefficient (Wildman–Crippen LogP) is 2.85. The van der Waals surface area contributed by atoms with Crippen molar-refractivity contribution in [3.63, 3.8) is 0 Å². The maximum Gasteiger partial charge on any atom is 0.227 e. The summed E-state index contributed by atoms with van der Waals surface area (Å²) in [5.41, 5.74) is 1.90. The fourth-order valence-electron chi connectivity index (χ4n) is 2.24. The molecule has 4 nitrogen and oxygen atoms in total. The third kappa shape index (κ3) is 4.89. The second kappa shape index (κ2) is 8.24. The summed E-state index contributed by atoms with van der Waals surface area (Å²) in [7, 11) is 0. The SMILES string of the molecule is CSCCCNC(=S)Nc1ccc(N2CCCC2=O)cc1. The Labute approximate surface area is 135 Å². The number of hydrogen-bond donors (Lipinski definition) is 2. The van der Waals surface area contributed by atoms with Gasteiger partial charge >= 0.3 is 0 Å². The maximum atomic E-state index is 11.7. The van der Waals surface area contributed by atoms with Crippen molar-refractivity contribution in [2.75, 3.05) is 35.3 Å². The van der Waals surface area contributed by atoms with Crippen molar-refractivity contribution in [1.29, 1.82) is 0 Å². The van der Waals surface area contributed by atoms with Gasteiger partial charge in [-0.2, -0.15) is 11.8 Å². The van der Waals surface area contributed by atoms with E-state index in [-0.39, 0.29) is 5.91 Å². The summed E-state index contributed by atoms with van der Waals surface area (Å²) in [5.74, 6) is 1.34. The van der Waals surface area contributed by atoms with E-state index >= 15 is 0 Å². The molecule has 0 aliphatic carbocycles. The molecule has 0 spiro atoms. The third-order valence-corrected chi connectivity index (χ3v) is 4.26. The van der Waals surface area contributed by atoms with Crippen LogP contribution >= 0.6 is 24.0 Å². The Balaban J connectivity index is 1.82. The van der Waals surface area contributed by atoms with Gasteiger partial charge in [0.1, 0.15) is 0 Å². The van der Waals surface area contributed by atoms with Gasteiger partial charge in [-0.25, -0.2) is 0 Å². The predicted molar refractivity (Wildman–Crippen MR) is 95.3 cm³/mol. The van der Waals surface area contributed by atoms with E-state index in [1.54, 1.807) is 0 Å². The van der Waals surface area contributed by atoms with E-state index in [1.165, 1.54) is 0 Å². The second-order valence-electron chi connectivity index (χ2n) is 4.92. The zero-order valence-corrected chi connectivity index (χ0v) is 13.9. The van der Waals surface area contributed by atoms with E-state index in [4.69, 9.17) is 12.2 Å². The quantitative estimate of drug-likeness (QED) is 0.622. The number of nitrogens with one attached hydrogen (secondary N) is 2. The van der Waals surface area contributed by atoms with Crippen LogP contribution in [0.1, 0.15) is 19.3 Å². The highest BCUT2D eigenvalue weighted by molar-refractivity contribution is 7.98. The Morgan fingerprint density at radius 2 is 2.14 bits per heavy atom. The number of amides is 1. The van der Waals surface area contributed by atoms with Crippen LogP contribution in [0.25, 0.3) is 0 Å². The average Bonchev–Trinajstić information content (AvgIpc) is 2.91. The van der Waals surface area contributed by atoms with E-state index in [9.17, 15) is 4.79 Å². The highest BCUT2D eigenvalue weighted by atomic mass is 32.2. The van der Waals surface area contributed by atoms with Crippen LogP contribution in [0.3, 0.4) is 0 Å². The highest BCUT2D eigenvalue weighted by Crippen LogP contribution is 2.22. The lowest BCUT2D eigenvalue weighted by molar-refractivity contribution is -0.117. The van der Waals surface area contributed by atoms with E-state index in [0.29, 0.717) is 11.5 Å². The second-order valence-corrected chi connectivity index (χ2v) is 6.32. The van der Waals surface area contributed by atoms with Crippen molar-refractivity contribution >= 4 is 46.4 Å². The molecule has 0 aromatic heterocycles. The first-order chi connectivity index (χ1) is 10.2. The van der Waals surface area contributed by atoms with Gasteiger partial charge in [0.2, 0.25) is 5.91 Å². The highest BCUT2D eigenvalue weighted by Gasteiger charge is 2.21. The Kier molecular flexibility index (Phi) is 6.32. The summed E-state index contributed by atoms with van der Waals surface area (Å²) >= 11 is 7.09. The van der Waals surface area contributed by atoms with Gasteiger partial charge < -0.3 is 15.5 Å². The number of nitrogens with zero attached hydrogens (tertiary/aromatic N) is 1.